The molecule has 0 bridgehead atoms. The molecule has 1 aliphatic rings. The van der Waals surface area contributed by atoms with Crippen molar-refractivity contribution in [2.75, 3.05) is 26.2 Å². The van der Waals surface area contributed by atoms with Gasteiger partial charge in [-0.1, -0.05) is 6.92 Å². The zero-order valence-electron chi connectivity index (χ0n) is 12.2. The molecule has 0 radical (unpaired) electrons. The Morgan fingerprint density at radius 1 is 1.37 bits per heavy atom. The number of rotatable bonds is 7. The fourth-order valence-corrected chi connectivity index (χ4v) is 2.61. The summed E-state index contributed by atoms with van der Waals surface area (Å²) in [6, 6.07) is 2.10. The minimum absolute atomic E-state index is 0.465. The lowest BCUT2D eigenvalue weighted by Crippen LogP contribution is -2.36. The lowest BCUT2D eigenvalue weighted by molar-refractivity contribution is 0.0124. The molecular weight excluding hydrogens is 240 g/mol. The van der Waals surface area contributed by atoms with E-state index >= 15 is 0 Å². The van der Waals surface area contributed by atoms with E-state index in [1.54, 1.807) is 6.26 Å². The van der Waals surface area contributed by atoms with E-state index in [4.69, 9.17) is 9.15 Å². The predicted molar refractivity (Wildman–Crippen MR) is 76.0 cm³/mol. The molecule has 1 saturated heterocycles. The first-order valence-electron chi connectivity index (χ1n) is 7.43. The van der Waals surface area contributed by atoms with Crippen molar-refractivity contribution in [3.8, 4) is 0 Å². The Bertz CT molecular complexity index is 357. The fraction of sp³-hybridized carbons (Fsp3) is 0.733. The van der Waals surface area contributed by atoms with Gasteiger partial charge in [0.15, 0.2) is 0 Å². The van der Waals surface area contributed by atoms with Crippen LogP contribution in [0.5, 0.6) is 0 Å². The highest BCUT2D eigenvalue weighted by atomic mass is 16.5. The zero-order valence-corrected chi connectivity index (χ0v) is 12.2. The number of ether oxygens (including phenoxy) is 1. The molecular formula is C15H26N2O2. The molecule has 0 aromatic carbocycles. The maximum absolute atomic E-state index is 5.69. The lowest BCUT2D eigenvalue weighted by atomic mass is 10.1. The fourth-order valence-electron chi connectivity index (χ4n) is 2.61. The van der Waals surface area contributed by atoms with Crippen molar-refractivity contribution in [3.05, 3.63) is 23.7 Å². The first kappa shape index (κ1) is 14.6. The van der Waals surface area contributed by atoms with E-state index in [2.05, 4.69) is 30.1 Å². The summed E-state index contributed by atoms with van der Waals surface area (Å²) >= 11 is 0. The van der Waals surface area contributed by atoms with Crippen molar-refractivity contribution in [2.24, 2.45) is 0 Å². The number of nitrogens with one attached hydrogen (secondary N) is 1. The Morgan fingerprint density at radius 3 is 2.84 bits per heavy atom. The lowest BCUT2D eigenvalue weighted by Gasteiger charge is -2.31. The summed E-state index contributed by atoms with van der Waals surface area (Å²) in [5, 5.41) is 3.32. The highest BCUT2D eigenvalue weighted by Gasteiger charge is 2.20. The quantitative estimate of drug-likeness (QED) is 0.822. The molecule has 2 heterocycles. The Kier molecular flexibility index (Phi) is 5.89. The molecule has 0 amide bonds. The predicted octanol–water partition coefficient (Wildman–Crippen LogP) is 2.39. The number of hydrogen-bond donors (Lipinski definition) is 1. The van der Waals surface area contributed by atoms with E-state index in [9.17, 15) is 0 Å². The van der Waals surface area contributed by atoms with Crippen LogP contribution in [0.1, 0.15) is 38.0 Å². The van der Waals surface area contributed by atoms with Crippen LogP contribution in [0.4, 0.5) is 0 Å². The van der Waals surface area contributed by atoms with E-state index in [-0.39, 0.29) is 0 Å². The van der Waals surface area contributed by atoms with Gasteiger partial charge in [0.2, 0.25) is 0 Å². The highest BCUT2D eigenvalue weighted by molar-refractivity contribution is 5.17. The van der Waals surface area contributed by atoms with Crippen LogP contribution in [0.3, 0.4) is 0 Å². The van der Waals surface area contributed by atoms with Gasteiger partial charge in [0, 0.05) is 31.8 Å². The Hall–Kier alpha value is -0.840. The molecule has 1 aromatic rings. The summed E-state index contributed by atoms with van der Waals surface area (Å²) in [6.45, 7) is 10.1. The first-order valence-corrected chi connectivity index (χ1v) is 7.43. The summed E-state index contributed by atoms with van der Waals surface area (Å²) < 4.78 is 11.2. The number of nitrogens with zero attached hydrogens (tertiary/aromatic N) is 1. The van der Waals surface area contributed by atoms with Crippen molar-refractivity contribution in [1.82, 2.24) is 10.2 Å². The second-order valence-electron chi connectivity index (χ2n) is 5.08. The van der Waals surface area contributed by atoms with E-state index in [1.165, 1.54) is 5.56 Å². The van der Waals surface area contributed by atoms with Gasteiger partial charge in [0.25, 0.3) is 0 Å². The van der Waals surface area contributed by atoms with Gasteiger partial charge >= 0.3 is 0 Å². The summed E-state index contributed by atoms with van der Waals surface area (Å²) in [4.78, 5) is 2.50. The average molecular weight is 266 g/mol. The molecule has 1 N–H and O–H groups in total. The SMILES string of the molecule is CCNCc1occc1CN1CCC(OCC)CC1. The largest absolute Gasteiger partial charge is 0.468 e. The molecule has 0 aliphatic carbocycles. The van der Waals surface area contributed by atoms with Crippen LogP contribution in [0, 0.1) is 0 Å². The zero-order chi connectivity index (χ0) is 13.5. The summed E-state index contributed by atoms with van der Waals surface area (Å²) in [6.07, 6.45) is 4.56. The summed E-state index contributed by atoms with van der Waals surface area (Å²) in [5.74, 6) is 1.08. The number of furan rings is 1. The van der Waals surface area contributed by atoms with Gasteiger partial charge in [-0.25, -0.2) is 0 Å². The highest BCUT2D eigenvalue weighted by Crippen LogP contribution is 2.18. The molecule has 0 spiro atoms. The van der Waals surface area contributed by atoms with Gasteiger partial charge < -0.3 is 14.5 Å². The summed E-state index contributed by atoms with van der Waals surface area (Å²) in [7, 11) is 0. The van der Waals surface area contributed by atoms with Crippen LogP contribution in [0.2, 0.25) is 0 Å². The van der Waals surface area contributed by atoms with Crippen molar-refractivity contribution >= 4 is 0 Å². The van der Waals surface area contributed by atoms with Crippen LogP contribution in [0.15, 0.2) is 16.7 Å². The van der Waals surface area contributed by atoms with Crippen molar-refractivity contribution in [3.63, 3.8) is 0 Å². The molecule has 19 heavy (non-hydrogen) atoms. The number of piperidine rings is 1. The van der Waals surface area contributed by atoms with Gasteiger partial charge in [-0.15, -0.1) is 0 Å². The standard InChI is InChI=1S/C15H26N2O2/c1-3-16-11-15-13(7-10-19-15)12-17-8-5-14(6-9-17)18-4-2/h7,10,14,16H,3-6,8-9,11-12H2,1-2H3. The topological polar surface area (TPSA) is 37.6 Å². The monoisotopic (exact) mass is 266 g/mol. The third kappa shape index (κ3) is 4.34. The third-order valence-electron chi connectivity index (χ3n) is 3.70. The van der Waals surface area contributed by atoms with Crippen molar-refractivity contribution in [2.45, 2.75) is 45.9 Å². The van der Waals surface area contributed by atoms with Crippen LogP contribution >= 0.6 is 0 Å². The molecule has 4 nitrogen and oxygen atoms in total. The van der Waals surface area contributed by atoms with E-state index in [0.717, 1.165) is 57.9 Å². The van der Waals surface area contributed by atoms with Crippen molar-refractivity contribution < 1.29 is 9.15 Å². The van der Waals surface area contributed by atoms with Gasteiger partial charge in [-0.05, 0) is 32.4 Å². The van der Waals surface area contributed by atoms with Gasteiger partial charge in [-0.3, -0.25) is 4.90 Å². The van der Waals surface area contributed by atoms with E-state index in [0.29, 0.717) is 6.10 Å². The maximum atomic E-state index is 5.69. The minimum atomic E-state index is 0.465. The Balaban J connectivity index is 1.80. The Morgan fingerprint density at radius 2 is 2.16 bits per heavy atom. The molecule has 4 heteroatoms. The van der Waals surface area contributed by atoms with Crippen LogP contribution < -0.4 is 5.32 Å². The van der Waals surface area contributed by atoms with Crippen LogP contribution in [-0.2, 0) is 17.8 Å². The normalized spacial score (nSPS) is 18.0. The van der Waals surface area contributed by atoms with Gasteiger partial charge in [0.1, 0.15) is 5.76 Å². The smallest absolute Gasteiger partial charge is 0.122 e. The summed E-state index contributed by atoms with van der Waals surface area (Å²) in [5.41, 5.74) is 1.32. The molecule has 2 rings (SSSR count). The van der Waals surface area contributed by atoms with Crippen LogP contribution in [0.25, 0.3) is 0 Å². The molecule has 1 aliphatic heterocycles. The van der Waals surface area contributed by atoms with Crippen LogP contribution in [-0.4, -0.2) is 37.2 Å². The van der Waals surface area contributed by atoms with E-state index < -0.39 is 0 Å². The molecule has 1 fully saturated rings. The van der Waals surface area contributed by atoms with E-state index in [1.807, 2.05) is 0 Å². The maximum Gasteiger partial charge on any atom is 0.122 e. The van der Waals surface area contributed by atoms with Gasteiger partial charge in [-0.2, -0.15) is 0 Å². The molecule has 108 valence electrons. The number of likely N-dealkylation sites (tertiary alicyclic amines) is 1. The van der Waals surface area contributed by atoms with Crippen molar-refractivity contribution in [1.29, 1.82) is 0 Å². The molecule has 0 saturated carbocycles. The Labute approximate surface area is 116 Å². The second-order valence-corrected chi connectivity index (χ2v) is 5.08. The third-order valence-corrected chi connectivity index (χ3v) is 3.70. The first-order chi connectivity index (χ1) is 9.33. The molecule has 1 aromatic heterocycles. The average Bonchev–Trinajstić information content (AvgIpc) is 2.86. The molecule has 0 unspecified atom stereocenters. The second kappa shape index (κ2) is 7.68. The minimum Gasteiger partial charge on any atom is -0.468 e. The molecule has 0 atom stereocenters. The number of hydrogen-bond acceptors (Lipinski definition) is 4. The van der Waals surface area contributed by atoms with Gasteiger partial charge in [0.05, 0.1) is 18.9 Å².